The maximum Gasteiger partial charge on any atom is 0.193 e. The second-order valence-electron chi connectivity index (χ2n) is 2.19. The van der Waals surface area contributed by atoms with E-state index in [-0.39, 0.29) is 0 Å². The molecule has 0 aliphatic heterocycles. The number of rotatable bonds is 0. The Balaban J connectivity index is 3.03. The SMILES string of the molecule is Cc1nn(C)cc1C#CC=O. The number of carbonyl (C=O) groups excluding carboxylic acids is 1. The van der Waals surface area contributed by atoms with Gasteiger partial charge in [0, 0.05) is 13.2 Å². The predicted molar refractivity (Wildman–Crippen MR) is 40.9 cm³/mol. The van der Waals surface area contributed by atoms with Crippen molar-refractivity contribution in [1.82, 2.24) is 9.78 Å². The molecule has 0 radical (unpaired) electrons. The van der Waals surface area contributed by atoms with Crippen molar-refractivity contribution >= 4 is 6.29 Å². The third kappa shape index (κ3) is 1.68. The topological polar surface area (TPSA) is 34.9 Å². The Morgan fingerprint density at radius 1 is 1.73 bits per heavy atom. The maximum absolute atomic E-state index is 9.90. The molecule has 11 heavy (non-hydrogen) atoms. The van der Waals surface area contributed by atoms with E-state index in [0.717, 1.165) is 11.3 Å². The molecule has 0 N–H and O–H groups in total. The Kier molecular flexibility index (Phi) is 2.07. The number of nitrogens with zero attached hydrogens (tertiary/aromatic N) is 2. The van der Waals surface area contributed by atoms with Crippen molar-refractivity contribution in [3.8, 4) is 11.8 Å². The van der Waals surface area contributed by atoms with E-state index in [1.807, 2.05) is 14.0 Å². The minimum absolute atomic E-state index is 0.576. The molecule has 0 atom stereocenters. The predicted octanol–water partition coefficient (Wildman–Crippen LogP) is 0.279. The Bertz CT molecular complexity index is 328. The molecule has 0 amide bonds. The van der Waals surface area contributed by atoms with Crippen LogP contribution in [-0.2, 0) is 11.8 Å². The van der Waals surface area contributed by atoms with E-state index in [1.54, 1.807) is 10.9 Å². The molecule has 0 unspecified atom stereocenters. The van der Waals surface area contributed by atoms with Crippen molar-refractivity contribution in [2.75, 3.05) is 0 Å². The third-order valence-electron chi connectivity index (χ3n) is 1.28. The van der Waals surface area contributed by atoms with Crippen LogP contribution in [0.15, 0.2) is 6.20 Å². The molecule has 0 aliphatic rings. The molecule has 0 fully saturated rings. The van der Waals surface area contributed by atoms with Gasteiger partial charge in [0.15, 0.2) is 6.29 Å². The van der Waals surface area contributed by atoms with E-state index in [2.05, 4.69) is 16.9 Å². The first-order valence-electron chi connectivity index (χ1n) is 3.19. The molecule has 1 heterocycles. The molecule has 3 nitrogen and oxygen atoms in total. The Morgan fingerprint density at radius 3 is 2.91 bits per heavy atom. The summed E-state index contributed by atoms with van der Waals surface area (Å²) in [5.41, 5.74) is 1.65. The molecular weight excluding hydrogens is 140 g/mol. The lowest BCUT2D eigenvalue weighted by molar-refractivity contribution is -0.103. The average molecular weight is 148 g/mol. The van der Waals surface area contributed by atoms with Crippen LogP contribution in [-0.4, -0.2) is 16.1 Å². The molecule has 56 valence electrons. The van der Waals surface area contributed by atoms with Crippen LogP contribution in [0.25, 0.3) is 0 Å². The molecule has 1 rings (SSSR count). The van der Waals surface area contributed by atoms with Crippen LogP contribution in [0, 0.1) is 18.8 Å². The number of hydrogen-bond donors (Lipinski definition) is 0. The van der Waals surface area contributed by atoms with Crippen LogP contribution < -0.4 is 0 Å². The van der Waals surface area contributed by atoms with Gasteiger partial charge in [0.2, 0.25) is 0 Å². The highest BCUT2D eigenvalue weighted by atomic mass is 16.1. The van der Waals surface area contributed by atoms with Crippen LogP contribution in [0.1, 0.15) is 11.3 Å². The normalized spacial score (nSPS) is 8.55. The number of hydrogen-bond acceptors (Lipinski definition) is 2. The van der Waals surface area contributed by atoms with Crippen LogP contribution in [0.4, 0.5) is 0 Å². The lowest BCUT2D eigenvalue weighted by atomic mass is 10.3. The third-order valence-corrected chi connectivity index (χ3v) is 1.28. The molecule has 0 aromatic carbocycles. The van der Waals surface area contributed by atoms with Gasteiger partial charge in [0.05, 0.1) is 11.3 Å². The van der Waals surface area contributed by atoms with Crippen LogP contribution >= 0.6 is 0 Å². The van der Waals surface area contributed by atoms with Crippen molar-refractivity contribution < 1.29 is 4.79 Å². The minimum atomic E-state index is 0.576. The summed E-state index contributed by atoms with van der Waals surface area (Å²) in [5, 5.41) is 4.06. The monoisotopic (exact) mass is 148 g/mol. The fraction of sp³-hybridized carbons (Fsp3) is 0.250. The van der Waals surface area contributed by atoms with E-state index in [4.69, 9.17) is 0 Å². The summed E-state index contributed by atoms with van der Waals surface area (Å²) in [5.74, 6) is 5.02. The molecule has 0 spiro atoms. The van der Waals surface area contributed by atoms with Crippen LogP contribution in [0.3, 0.4) is 0 Å². The first-order chi connectivity index (χ1) is 5.24. The van der Waals surface area contributed by atoms with Gasteiger partial charge in [-0.1, -0.05) is 5.92 Å². The van der Waals surface area contributed by atoms with Crippen LogP contribution in [0.2, 0.25) is 0 Å². The van der Waals surface area contributed by atoms with E-state index in [9.17, 15) is 4.79 Å². The zero-order valence-electron chi connectivity index (χ0n) is 6.46. The standard InChI is InChI=1S/C8H8N2O/c1-7-8(4-3-5-11)6-10(2)9-7/h5-6H,1-2H3. The first-order valence-corrected chi connectivity index (χ1v) is 3.19. The van der Waals surface area contributed by atoms with Crippen molar-refractivity contribution in [2.45, 2.75) is 6.92 Å². The number of aryl methyl sites for hydroxylation is 2. The Labute approximate surface area is 65.0 Å². The van der Waals surface area contributed by atoms with Crippen LogP contribution in [0.5, 0.6) is 0 Å². The lowest BCUT2D eigenvalue weighted by Crippen LogP contribution is -1.86. The maximum atomic E-state index is 9.90. The summed E-state index contributed by atoms with van der Waals surface area (Å²) in [6, 6.07) is 0. The number of carbonyl (C=O) groups is 1. The molecule has 0 saturated carbocycles. The fourth-order valence-corrected chi connectivity index (χ4v) is 0.830. The smallest absolute Gasteiger partial charge is 0.193 e. The Hall–Kier alpha value is -1.56. The van der Waals surface area contributed by atoms with Gasteiger partial charge in [-0.25, -0.2) is 0 Å². The van der Waals surface area contributed by atoms with Gasteiger partial charge in [0.1, 0.15) is 0 Å². The number of aldehydes is 1. The van der Waals surface area contributed by atoms with Gasteiger partial charge >= 0.3 is 0 Å². The number of aromatic nitrogens is 2. The molecule has 0 saturated heterocycles. The zero-order chi connectivity index (χ0) is 8.27. The highest BCUT2D eigenvalue weighted by molar-refractivity contribution is 5.74. The molecule has 0 aliphatic carbocycles. The van der Waals surface area contributed by atoms with E-state index >= 15 is 0 Å². The van der Waals surface area contributed by atoms with Crippen molar-refractivity contribution in [3.05, 3.63) is 17.5 Å². The molecule has 1 aromatic heterocycles. The summed E-state index contributed by atoms with van der Waals surface area (Å²) in [4.78, 5) is 9.90. The van der Waals surface area contributed by atoms with Gasteiger partial charge in [-0.05, 0) is 12.8 Å². The van der Waals surface area contributed by atoms with Gasteiger partial charge < -0.3 is 0 Å². The molecule has 0 bridgehead atoms. The molecular formula is C8H8N2O. The Morgan fingerprint density at radius 2 is 2.45 bits per heavy atom. The second kappa shape index (κ2) is 3.02. The lowest BCUT2D eigenvalue weighted by Gasteiger charge is -1.79. The minimum Gasteiger partial charge on any atom is -0.289 e. The van der Waals surface area contributed by atoms with Gasteiger partial charge in [0.25, 0.3) is 0 Å². The van der Waals surface area contributed by atoms with Crippen molar-refractivity contribution in [3.63, 3.8) is 0 Å². The first kappa shape index (κ1) is 7.55. The van der Waals surface area contributed by atoms with Crippen molar-refractivity contribution in [2.24, 2.45) is 7.05 Å². The molecule has 3 heteroatoms. The largest absolute Gasteiger partial charge is 0.289 e. The quantitative estimate of drug-likeness (QED) is 0.391. The summed E-state index contributed by atoms with van der Waals surface area (Å²) in [7, 11) is 1.82. The van der Waals surface area contributed by atoms with E-state index < -0.39 is 0 Å². The molecule has 1 aromatic rings. The summed E-state index contributed by atoms with van der Waals surface area (Å²) >= 11 is 0. The van der Waals surface area contributed by atoms with Gasteiger partial charge in [-0.2, -0.15) is 5.10 Å². The highest BCUT2D eigenvalue weighted by Gasteiger charge is 1.96. The summed E-state index contributed by atoms with van der Waals surface area (Å²) in [6.45, 7) is 1.86. The second-order valence-corrected chi connectivity index (χ2v) is 2.19. The highest BCUT2D eigenvalue weighted by Crippen LogP contribution is 2.00. The fourth-order valence-electron chi connectivity index (χ4n) is 0.830. The van der Waals surface area contributed by atoms with Gasteiger partial charge in [-0.15, -0.1) is 0 Å². The van der Waals surface area contributed by atoms with Crippen molar-refractivity contribution in [1.29, 1.82) is 0 Å². The summed E-state index contributed by atoms with van der Waals surface area (Å²) in [6.07, 6.45) is 2.36. The average Bonchev–Trinajstić information content (AvgIpc) is 2.26. The van der Waals surface area contributed by atoms with Gasteiger partial charge in [-0.3, -0.25) is 9.48 Å². The summed E-state index contributed by atoms with van der Waals surface area (Å²) < 4.78 is 1.67. The zero-order valence-corrected chi connectivity index (χ0v) is 6.46. The van der Waals surface area contributed by atoms with E-state index in [0.29, 0.717) is 6.29 Å². The van der Waals surface area contributed by atoms with E-state index in [1.165, 1.54) is 0 Å².